The van der Waals surface area contributed by atoms with Gasteiger partial charge in [0.15, 0.2) is 9.84 Å². The van der Waals surface area contributed by atoms with Crippen LogP contribution >= 0.6 is 11.6 Å². The molecule has 1 atom stereocenters. The number of hydrogen-bond donors (Lipinski definition) is 1. The van der Waals surface area contributed by atoms with Gasteiger partial charge in [-0.2, -0.15) is 0 Å². The van der Waals surface area contributed by atoms with E-state index >= 15 is 0 Å². The van der Waals surface area contributed by atoms with E-state index in [2.05, 4.69) is 5.32 Å². The van der Waals surface area contributed by atoms with Gasteiger partial charge in [0.1, 0.15) is 0 Å². The average Bonchev–Trinajstić information content (AvgIpc) is 2.69. The molecule has 0 saturated carbocycles. The summed E-state index contributed by atoms with van der Waals surface area (Å²) in [5.74, 6) is 0.521. The van der Waals surface area contributed by atoms with Crippen molar-refractivity contribution in [2.75, 3.05) is 18.1 Å². The summed E-state index contributed by atoms with van der Waals surface area (Å²) >= 11 is 5.81. The van der Waals surface area contributed by atoms with E-state index in [4.69, 9.17) is 11.6 Å². The van der Waals surface area contributed by atoms with Crippen LogP contribution in [0.2, 0.25) is 5.02 Å². The Morgan fingerprint density at radius 1 is 1.42 bits per heavy atom. The number of hydrogen-bond acceptors (Lipinski definition) is 3. The van der Waals surface area contributed by atoms with Crippen molar-refractivity contribution in [3.63, 3.8) is 0 Å². The zero-order valence-corrected chi connectivity index (χ0v) is 12.0. The minimum absolute atomic E-state index is 0.171. The Hall–Kier alpha value is -1.07. The second-order valence-corrected chi connectivity index (χ2v) is 7.49. The van der Waals surface area contributed by atoms with Gasteiger partial charge in [-0.25, -0.2) is 8.42 Å². The molecule has 104 valence electrons. The normalized spacial score (nSPS) is 21.2. The van der Waals surface area contributed by atoms with Crippen LogP contribution in [-0.2, 0) is 9.84 Å². The fraction of sp³-hybridized carbons (Fsp3) is 0.462. The molecule has 1 unspecified atom stereocenters. The van der Waals surface area contributed by atoms with Gasteiger partial charge < -0.3 is 5.32 Å². The quantitative estimate of drug-likeness (QED) is 0.924. The predicted octanol–water partition coefficient (Wildman–Crippen LogP) is 1.89. The monoisotopic (exact) mass is 301 g/mol. The highest BCUT2D eigenvalue weighted by atomic mass is 35.5. The first-order chi connectivity index (χ1) is 8.96. The van der Waals surface area contributed by atoms with Crippen LogP contribution in [0.4, 0.5) is 0 Å². The van der Waals surface area contributed by atoms with Crippen LogP contribution in [-0.4, -0.2) is 32.4 Å². The summed E-state index contributed by atoms with van der Waals surface area (Å²) in [5.41, 5.74) is 0.520. The highest BCUT2D eigenvalue weighted by Crippen LogP contribution is 2.20. The Morgan fingerprint density at radius 3 is 2.84 bits per heavy atom. The van der Waals surface area contributed by atoms with Crippen LogP contribution in [0, 0.1) is 5.92 Å². The molecule has 1 heterocycles. The minimum Gasteiger partial charge on any atom is -0.352 e. The number of carbonyl (C=O) groups excluding carboxylic acids is 1. The van der Waals surface area contributed by atoms with Crippen molar-refractivity contribution in [3.05, 3.63) is 34.9 Å². The molecule has 0 aliphatic carbocycles. The third-order valence-electron chi connectivity index (χ3n) is 3.25. The van der Waals surface area contributed by atoms with Gasteiger partial charge in [0.05, 0.1) is 11.5 Å². The standard InChI is InChI=1S/C13H16ClNO3S/c14-12-3-1-2-11(8-12)13(16)15-6-4-10-5-7-19(17,18)9-10/h1-3,8,10H,4-7,9H2,(H,15,16). The summed E-state index contributed by atoms with van der Waals surface area (Å²) in [4.78, 5) is 11.8. The molecular formula is C13H16ClNO3S. The molecule has 0 spiro atoms. The van der Waals surface area contributed by atoms with Crippen molar-refractivity contribution in [3.8, 4) is 0 Å². The van der Waals surface area contributed by atoms with Crippen LogP contribution in [0.1, 0.15) is 23.2 Å². The smallest absolute Gasteiger partial charge is 0.251 e. The van der Waals surface area contributed by atoms with Crippen molar-refractivity contribution in [1.82, 2.24) is 5.32 Å². The van der Waals surface area contributed by atoms with Crippen molar-refractivity contribution < 1.29 is 13.2 Å². The summed E-state index contributed by atoms with van der Waals surface area (Å²) in [6.45, 7) is 0.492. The number of nitrogens with one attached hydrogen (secondary N) is 1. The molecule has 1 aromatic rings. The molecule has 6 heteroatoms. The molecule has 1 aliphatic rings. The molecule has 0 aromatic heterocycles. The van der Waals surface area contributed by atoms with Gasteiger partial charge >= 0.3 is 0 Å². The van der Waals surface area contributed by atoms with E-state index in [0.29, 0.717) is 30.0 Å². The number of carbonyl (C=O) groups is 1. The van der Waals surface area contributed by atoms with Gasteiger partial charge in [-0.15, -0.1) is 0 Å². The van der Waals surface area contributed by atoms with E-state index in [0.717, 1.165) is 0 Å². The van der Waals surface area contributed by atoms with Gasteiger partial charge in [0, 0.05) is 17.1 Å². The fourth-order valence-electron chi connectivity index (χ4n) is 2.22. The molecule has 1 fully saturated rings. The summed E-state index contributed by atoms with van der Waals surface area (Å²) in [7, 11) is -2.83. The first-order valence-electron chi connectivity index (χ1n) is 6.20. The first-order valence-corrected chi connectivity index (χ1v) is 8.40. The lowest BCUT2D eigenvalue weighted by atomic mass is 10.1. The molecule has 1 aliphatic heterocycles. The highest BCUT2D eigenvalue weighted by molar-refractivity contribution is 7.91. The lowest BCUT2D eigenvalue weighted by Crippen LogP contribution is -2.26. The molecular weight excluding hydrogens is 286 g/mol. The topological polar surface area (TPSA) is 63.2 Å². The van der Waals surface area contributed by atoms with Gasteiger partial charge in [0.2, 0.25) is 0 Å². The zero-order valence-electron chi connectivity index (χ0n) is 10.4. The van der Waals surface area contributed by atoms with Crippen molar-refractivity contribution >= 4 is 27.3 Å². The SMILES string of the molecule is O=C(NCCC1CCS(=O)(=O)C1)c1cccc(Cl)c1. The van der Waals surface area contributed by atoms with Gasteiger partial charge in [-0.3, -0.25) is 4.79 Å². The second-order valence-electron chi connectivity index (χ2n) is 4.82. The maximum atomic E-state index is 11.8. The van der Waals surface area contributed by atoms with E-state index in [9.17, 15) is 13.2 Å². The maximum absolute atomic E-state index is 11.8. The van der Waals surface area contributed by atoms with E-state index in [1.54, 1.807) is 24.3 Å². The van der Waals surface area contributed by atoms with Crippen LogP contribution in [0.25, 0.3) is 0 Å². The van der Waals surface area contributed by atoms with E-state index in [1.807, 2.05) is 0 Å². The first kappa shape index (κ1) is 14.3. The molecule has 1 N–H and O–H groups in total. The number of sulfone groups is 1. The lowest BCUT2D eigenvalue weighted by molar-refractivity contribution is 0.0952. The molecule has 2 rings (SSSR count). The second kappa shape index (κ2) is 5.92. The Kier molecular flexibility index (Phi) is 4.47. The zero-order chi connectivity index (χ0) is 13.9. The van der Waals surface area contributed by atoms with E-state index in [-0.39, 0.29) is 23.3 Å². The Bertz CT molecular complexity index is 571. The number of rotatable bonds is 4. The molecule has 0 radical (unpaired) electrons. The third kappa shape index (κ3) is 4.21. The largest absolute Gasteiger partial charge is 0.352 e. The highest BCUT2D eigenvalue weighted by Gasteiger charge is 2.27. The van der Waals surface area contributed by atoms with Crippen LogP contribution in [0.5, 0.6) is 0 Å². The van der Waals surface area contributed by atoms with Gasteiger partial charge in [-0.05, 0) is 37.0 Å². The molecule has 1 amide bonds. The molecule has 0 bridgehead atoms. The van der Waals surface area contributed by atoms with Crippen LogP contribution < -0.4 is 5.32 Å². The van der Waals surface area contributed by atoms with Gasteiger partial charge in [-0.1, -0.05) is 17.7 Å². The fourth-order valence-corrected chi connectivity index (χ4v) is 4.32. The predicted molar refractivity (Wildman–Crippen MR) is 75.2 cm³/mol. The molecule has 19 heavy (non-hydrogen) atoms. The van der Waals surface area contributed by atoms with Crippen molar-refractivity contribution in [2.24, 2.45) is 5.92 Å². The maximum Gasteiger partial charge on any atom is 0.251 e. The average molecular weight is 302 g/mol. The molecule has 1 saturated heterocycles. The number of amides is 1. The molecule has 1 aromatic carbocycles. The van der Waals surface area contributed by atoms with Crippen molar-refractivity contribution in [1.29, 1.82) is 0 Å². The minimum atomic E-state index is -2.83. The van der Waals surface area contributed by atoms with Crippen molar-refractivity contribution in [2.45, 2.75) is 12.8 Å². The molecule has 4 nitrogen and oxygen atoms in total. The van der Waals surface area contributed by atoms with E-state index < -0.39 is 9.84 Å². The summed E-state index contributed by atoms with van der Waals surface area (Å²) < 4.78 is 22.6. The summed E-state index contributed by atoms with van der Waals surface area (Å²) in [6, 6.07) is 6.74. The third-order valence-corrected chi connectivity index (χ3v) is 5.32. The Labute approximate surface area is 118 Å². The van der Waals surface area contributed by atoms with Crippen LogP contribution in [0.3, 0.4) is 0 Å². The summed E-state index contributed by atoms with van der Waals surface area (Å²) in [6.07, 6.45) is 1.40. The lowest BCUT2D eigenvalue weighted by Gasteiger charge is -2.09. The Balaban J connectivity index is 1.79. The number of benzene rings is 1. The van der Waals surface area contributed by atoms with Gasteiger partial charge in [0.25, 0.3) is 5.91 Å². The summed E-state index contributed by atoms with van der Waals surface area (Å²) in [5, 5.41) is 3.31. The Morgan fingerprint density at radius 2 is 2.21 bits per heavy atom. The number of halogens is 1. The van der Waals surface area contributed by atoms with Crippen LogP contribution in [0.15, 0.2) is 24.3 Å². The van der Waals surface area contributed by atoms with E-state index in [1.165, 1.54) is 0 Å².